The second-order valence-corrected chi connectivity index (χ2v) is 5.90. The molecule has 0 radical (unpaired) electrons. The first-order valence-corrected chi connectivity index (χ1v) is 6.84. The Balaban J connectivity index is 2.41. The van der Waals surface area contributed by atoms with Crippen molar-refractivity contribution in [3.8, 4) is 0 Å². The molecule has 2 rings (SSSR count). The number of carbonyl (C=O) groups is 2. The van der Waals surface area contributed by atoms with Gasteiger partial charge in [-0.2, -0.15) is 0 Å². The number of allylic oxidation sites excluding steroid dienone is 3. The van der Waals surface area contributed by atoms with Crippen LogP contribution in [0.1, 0.15) is 52.9 Å². The second-order valence-electron chi connectivity index (χ2n) is 5.90. The lowest BCUT2D eigenvalue weighted by Crippen LogP contribution is -2.41. The number of carbonyl (C=O) groups excluding carboxylic acids is 2. The normalized spacial score (nSPS) is 32.5. The van der Waals surface area contributed by atoms with Gasteiger partial charge in [-0.05, 0) is 50.2 Å². The Morgan fingerprint density at radius 3 is 2.67 bits per heavy atom. The van der Waals surface area contributed by atoms with Crippen LogP contribution in [-0.2, 0) is 9.59 Å². The highest BCUT2D eigenvalue weighted by atomic mass is 16.1. The molecule has 0 heterocycles. The summed E-state index contributed by atoms with van der Waals surface area (Å²) in [5.41, 5.74) is 2.70. The molecule has 98 valence electrons. The van der Waals surface area contributed by atoms with E-state index in [1.807, 2.05) is 13.8 Å². The Morgan fingerprint density at radius 1 is 1.39 bits per heavy atom. The molecule has 0 spiro atoms. The van der Waals surface area contributed by atoms with E-state index in [9.17, 15) is 9.59 Å². The van der Waals surface area contributed by atoms with Crippen LogP contribution in [0.3, 0.4) is 0 Å². The Morgan fingerprint density at radius 2 is 2.06 bits per heavy atom. The first kappa shape index (κ1) is 13.3. The lowest BCUT2D eigenvalue weighted by molar-refractivity contribution is -0.130. The number of fused-ring (bicyclic) bond motifs is 1. The molecule has 2 aliphatic rings. The maximum absolute atomic E-state index is 12.4. The van der Waals surface area contributed by atoms with Crippen LogP contribution in [0, 0.1) is 11.3 Å². The Hall–Kier alpha value is -1.18. The second kappa shape index (κ2) is 4.49. The molecule has 1 fully saturated rings. The van der Waals surface area contributed by atoms with Crippen molar-refractivity contribution >= 4 is 11.6 Å². The summed E-state index contributed by atoms with van der Waals surface area (Å²) in [5, 5.41) is 0. The van der Waals surface area contributed by atoms with Gasteiger partial charge in [0.1, 0.15) is 5.78 Å². The van der Waals surface area contributed by atoms with Crippen molar-refractivity contribution in [2.75, 3.05) is 0 Å². The number of ketones is 2. The molecule has 0 aromatic carbocycles. The predicted octanol–water partition coefficient (Wildman–Crippen LogP) is 3.62. The summed E-state index contributed by atoms with van der Waals surface area (Å²) in [5.74, 6) is 0.764. The summed E-state index contributed by atoms with van der Waals surface area (Å²) in [4.78, 5) is 24.3. The molecule has 2 aliphatic carbocycles. The summed E-state index contributed by atoms with van der Waals surface area (Å²) >= 11 is 0. The van der Waals surface area contributed by atoms with E-state index in [1.54, 1.807) is 0 Å². The van der Waals surface area contributed by atoms with Crippen LogP contribution in [0.2, 0.25) is 0 Å². The summed E-state index contributed by atoms with van der Waals surface area (Å²) < 4.78 is 0. The van der Waals surface area contributed by atoms with Gasteiger partial charge in [-0.15, -0.1) is 0 Å². The minimum Gasteiger partial charge on any atom is -0.299 e. The molecular formula is C16H22O2. The molecule has 0 aromatic heterocycles. The van der Waals surface area contributed by atoms with E-state index < -0.39 is 0 Å². The van der Waals surface area contributed by atoms with E-state index in [2.05, 4.69) is 13.5 Å². The monoisotopic (exact) mass is 246 g/mol. The van der Waals surface area contributed by atoms with Crippen LogP contribution >= 0.6 is 0 Å². The zero-order chi connectivity index (χ0) is 13.5. The van der Waals surface area contributed by atoms with Gasteiger partial charge in [0.25, 0.3) is 0 Å². The van der Waals surface area contributed by atoms with Crippen molar-refractivity contribution in [3.05, 3.63) is 23.3 Å². The molecule has 0 aliphatic heterocycles. The van der Waals surface area contributed by atoms with Gasteiger partial charge in [-0.1, -0.05) is 19.1 Å². The third-order valence-electron chi connectivity index (χ3n) is 4.92. The lowest BCUT2D eigenvalue weighted by Gasteiger charge is -2.42. The Bertz CT molecular complexity index is 456. The van der Waals surface area contributed by atoms with E-state index in [0.29, 0.717) is 25.0 Å². The fraction of sp³-hybridized carbons (Fsp3) is 0.625. The molecule has 0 aromatic rings. The van der Waals surface area contributed by atoms with Crippen molar-refractivity contribution < 1.29 is 9.59 Å². The maximum Gasteiger partial charge on any atom is 0.158 e. The standard InChI is InChI=1S/C16H22O2/c1-5-10(2)12-8-13-11(3)14(17)6-7-16(13,4)15(18)9-12/h12H,2,5-9H2,1,3-4H3/t12-,16-/m0/s1. The largest absolute Gasteiger partial charge is 0.299 e. The fourth-order valence-electron chi connectivity index (χ4n) is 3.32. The SMILES string of the molecule is C=C(CC)[C@@H]1CC(=O)[C@@]2(C)CCC(=O)C(C)=C2C1. The third-order valence-corrected chi connectivity index (χ3v) is 4.92. The Labute approximate surface area is 109 Å². The van der Waals surface area contributed by atoms with Crippen molar-refractivity contribution in [1.82, 2.24) is 0 Å². The van der Waals surface area contributed by atoms with Crippen LogP contribution < -0.4 is 0 Å². The van der Waals surface area contributed by atoms with Crippen LogP contribution in [-0.4, -0.2) is 11.6 Å². The summed E-state index contributed by atoms with van der Waals surface area (Å²) in [6.07, 6.45) is 3.59. The van der Waals surface area contributed by atoms with Gasteiger partial charge in [-0.25, -0.2) is 0 Å². The highest BCUT2D eigenvalue weighted by Gasteiger charge is 2.46. The van der Waals surface area contributed by atoms with Crippen LogP contribution in [0.5, 0.6) is 0 Å². The molecule has 0 N–H and O–H groups in total. The third kappa shape index (κ3) is 1.88. The topological polar surface area (TPSA) is 34.1 Å². The van der Waals surface area contributed by atoms with Crippen LogP contribution in [0.15, 0.2) is 23.3 Å². The van der Waals surface area contributed by atoms with Gasteiger partial charge in [-0.3, -0.25) is 9.59 Å². The minimum atomic E-state index is -0.373. The van der Waals surface area contributed by atoms with Gasteiger partial charge < -0.3 is 0 Å². The van der Waals surface area contributed by atoms with Crippen molar-refractivity contribution in [2.24, 2.45) is 11.3 Å². The zero-order valence-corrected chi connectivity index (χ0v) is 11.6. The summed E-state index contributed by atoms with van der Waals surface area (Å²) in [6, 6.07) is 0. The molecule has 2 nitrogen and oxygen atoms in total. The minimum absolute atomic E-state index is 0.220. The van der Waals surface area contributed by atoms with E-state index in [4.69, 9.17) is 0 Å². The first-order chi connectivity index (χ1) is 8.40. The number of hydrogen-bond donors (Lipinski definition) is 0. The molecular weight excluding hydrogens is 224 g/mol. The smallest absolute Gasteiger partial charge is 0.158 e. The van der Waals surface area contributed by atoms with Gasteiger partial charge in [0, 0.05) is 18.3 Å². The highest BCUT2D eigenvalue weighted by molar-refractivity contribution is 6.01. The van der Waals surface area contributed by atoms with Crippen LogP contribution in [0.4, 0.5) is 0 Å². The van der Waals surface area contributed by atoms with E-state index in [1.165, 1.54) is 0 Å². The van der Waals surface area contributed by atoms with Gasteiger partial charge in [0.2, 0.25) is 0 Å². The lowest BCUT2D eigenvalue weighted by atomic mass is 9.60. The molecule has 0 saturated heterocycles. The summed E-state index contributed by atoms with van der Waals surface area (Å²) in [7, 11) is 0. The Kier molecular flexibility index (Phi) is 3.31. The van der Waals surface area contributed by atoms with Crippen molar-refractivity contribution in [3.63, 3.8) is 0 Å². The zero-order valence-electron chi connectivity index (χ0n) is 11.6. The molecule has 1 saturated carbocycles. The van der Waals surface area contributed by atoms with Crippen molar-refractivity contribution in [2.45, 2.75) is 52.9 Å². The molecule has 2 heteroatoms. The van der Waals surface area contributed by atoms with E-state index in [0.717, 1.165) is 29.6 Å². The quantitative estimate of drug-likeness (QED) is 0.697. The average molecular weight is 246 g/mol. The first-order valence-electron chi connectivity index (χ1n) is 6.84. The number of Topliss-reactive ketones (excluding diaryl/α,β-unsaturated/α-hetero) is 2. The van der Waals surface area contributed by atoms with E-state index in [-0.39, 0.29) is 17.1 Å². The predicted molar refractivity (Wildman–Crippen MR) is 72.2 cm³/mol. The van der Waals surface area contributed by atoms with Gasteiger partial charge in [0.15, 0.2) is 5.78 Å². The molecule has 18 heavy (non-hydrogen) atoms. The molecule has 0 unspecified atom stereocenters. The summed E-state index contributed by atoms with van der Waals surface area (Å²) in [6.45, 7) is 10.1. The number of hydrogen-bond acceptors (Lipinski definition) is 2. The highest BCUT2D eigenvalue weighted by Crippen LogP contribution is 2.49. The molecule has 2 atom stereocenters. The number of rotatable bonds is 2. The van der Waals surface area contributed by atoms with E-state index >= 15 is 0 Å². The maximum atomic E-state index is 12.4. The molecule has 0 bridgehead atoms. The van der Waals surface area contributed by atoms with Gasteiger partial charge >= 0.3 is 0 Å². The van der Waals surface area contributed by atoms with Crippen molar-refractivity contribution in [1.29, 1.82) is 0 Å². The fourth-order valence-corrected chi connectivity index (χ4v) is 3.32. The average Bonchev–Trinajstić information content (AvgIpc) is 2.36. The van der Waals surface area contributed by atoms with Crippen LogP contribution in [0.25, 0.3) is 0 Å². The molecule has 0 amide bonds. The van der Waals surface area contributed by atoms with Gasteiger partial charge in [0.05, 0.1) is 0 Å².